The van der Waals surface area contributed by atoms with Crippen molar-refractivity contribution in [2.45, 2.75) is 38.8 Å². The molecule has 2 aromatic heterocycles. The maximum atomic E-state index is 12.4. The Hall–Kier alpha value is -4.91. The number of carbonyl (C=O) groups excluding carboxylic acids is 2. The van der Waals surface area contributed by atoms with Crippen molar-refractivity contribution in [2.24, 2.45) is 5.73 Å². The number of nitriles is 1. The van der Waals surface area contributed by atoms with Crippen LogP contribution in [0.5, 0.6) is 0 Å². The number of primary amides is 1. The van der Waals surface area contributed by atoms with E-state index in [1.807, 2.05) is 45.0 Å². The summed E-state index contributed by atoms with van der Waals surface area (Å²) in [6, 6.07) is 14.6. The summed E-state index contributed by atoms with van der Waals surface area (Å²) in [5.41, 5.74) is 10.2. The highest BCUT2D eigenvalue weighted by Crippen LogP contribution is 2.40. The van der Waals surface area contributed by atoms with Gasteiger partial charge in [0.1, 0.15) is 16.9 Å². The molecule has 4 aromatic rings. The Balaban J connectivity index is 1.59. The van der Waals surface area contributed by atoms with Gasteiger partial charge in [-0.25, -0.2) is 9.78 Å². The number of nitrogens with two attached hydrogens (primary N) is 1. The molecule has 4 N–H and O–H groups in total. The third-order valence-corrected chi connectivity index (χ3v) is 6.48. The van der Waals surface area contributed by atoms with E-state index in [4.69, 9.17) is 15.5 Å². The number of benzene rings is 2. The second kappa shape index (κ2) is 10.1. The van der Waals surface area contributed by atoms with Gasteiger partial charge in [0.05, 0.1) is 40.0 Å². The summed E-state index contributed by atoms with van der Waals surface area (Å²) in [5, 5.41) is 12.5. The van der Waals surface area contributed by atoms with Crippen molar-refractivity contribution in [3.63, 3.8) is 0 Å². The summed E-state index contributed by atoms with van der Waals surface area (Å²) in [7, 11) is 0. The minimum atomic E-state index is -0.593. The highest BCUT2D eigenvalue weighted by molar-refractivity contribution is 6.05. The average Bonchev–Trinajstić information content (AvgIpc) is 3.54. The molecule has 10 nitrogen and oxygen atoms in total. The Morgan fingerprint density at radius 2 is 1.95 bits per heavy atom. The van der Waals surface area contributed by atoms with Crippen LogP contribution in [-0.4, -0.2) is 51.7 Å². The van der Waals surface area contributed by atoms with Crippen LogP contribution in [-0.2, 0) is 4.74 Å². The molecule has 1 aliphatic heterocycles. The number of carbonyl (C=O) groups is 2. The van der Waals surface area contributed by atoms with Gasteiger partial charge in [-0.3, -0.25) is 9.78 Å². The monoisotopic (exact) mass is 523 g/mol. The second-order valence-electron chi connectivity index (χ2n) is 10.5. The lowest BCUT2D eigenvalue weighted by Gasteiger charge is -2.25. The van der Waals surface area contributed by atoms with Gasteiger partial charge in [0.2, 0.25) is 0 Å². The molecule has 1 aliphatic rings. The third-order valence-electron chi connectivity index (χ3n) is 6.48. The number of rotatable bonds is 5. The maximum Gasteiger partial charge on any atom is 0.407 e. The molecule has 1 saturated heterocycles. The van der Waals surface area contributed by atoms with Crippen LogP contribution in [0.4, 0.5) is 10.5 Å². The first-order valence-electron chi connectivity index (χ1n) is 12.6. The fourth-order valence-electron chi connectivity index (χ4n) is 4.85. The number of fused-ring (bicyclic) bond motifs is 1. The fourth-order valence-corrected chi connectivity index (χ4v) is 4.85. The van der Waals surface area contributed by atoms with Crippen LogP contribution in [0.2, 0.25) is 0 Å². The summed E-state index contributed by atoms with van der Waals surface area (Å²) in [6.07, 6.45) is 3.75. The minimum Gasteiger partial charge on any atom is -0.444 e. The number of imidazole rings is 1. The van der Waals surface area contributed by atoms with Gasteiger partial charge >= 0.3 is 6.09 Å². The van der Waals surface area contributed by atoms with Gasteiger partial charge in [0.25, 0.3) is 5.91 Å². The number of H-pyrrole nitrogens is 1. The minimum absolute atomic E-state index is 0.128. The summed E-state index contributed by atoms with van der Waals surface area (Å²) in [4.78, 5) is 39.2. The largest absolute Gasteiger partial charge is 0.444 e. The number of amides is 2. The lowest BCUT2D eigenvalue weighted by molar-refractivity contribution is 0.0509. The van der Waals surface area contributed by atoms with Gasteiger partial charge in [-0.2, -0.15) is 5.26 Å². The van der Waals surface area contributed by atoms with Gasteiger partial charge in [-0.1, -0.05) is 18.2 Å². The average molecular weight is 524 g/mol. The molecule has 1 fully saturated rings. The molecule has 3 heterocycles. The van der Waals surface area contributed by atoms with Gasteiger partial charge in [0, 0.05) is 31.0 Å². The Morgan fingerprint density at radius 1 is 1.18 bits per heavy atom. The molecule has 2 aromatic carbocycles. The van der Waals surface area contributed by atoms with Crippen molar-refractivity contribution in [3.05, 3.63) is 66.0 Å². The molecule has 0 bridgehead atoms. The van der Waals surface area contributed by atoms with Crippen molar-refractivity contribution in [1.82, 2.24) is 20.3 Å². The molecule has 5 rings (SSSR count). The van der Waals surface area contributed by atoms with Crippen LogP contribution in [0.15, 0.2) is 54.9 Å². The Bertz CT molecular complexity index is 1610. The van der Waals surface area contributed by atoms with Crippen LogP contribution < -0.4 is 16.0 Å². The SMILES string of the molecule is CC(C)(C)OC(=O)N[C@H]1CCN(c2c(-c3cccc(C#N)c3)cncc2-c2nc3c(C(N)=O)cccc3[nH]2)C1. The first kappa shape index (κ1) is 25.7. The highest BCUT2D eigenvalue weighted by Gasteiger charge is 2.30. The molecule has 0 radical (unpaired) electrons. The zero-order valence-electron chi connectivity index (χ0n) is 22.0. The Kier molecular flexibility index (Phi) is 6.66. The molecule has 0 unspecified atom stereocenters. The Labute approximate surface area is 225 Å². The second-order valence-corrected chi connectivity index (χ2v) is 10.5. The first-order chi connectivity index (χ1) is 18.6. The molecule has 0 aliphatic carbocycles. The van der Waals surface area contributed by atoms with E-state index in [0.717, 1.165) is 22.4 Å². The van der Waals surface area contributed by atoms with Gasteiger partial charge in [-0.15, -0.1) is 0 Å². The van der Waals surface area contributed by atoms with E-state index in [-0.39, 0.29) is 6.04 Å². The molecule has 10 heteroatoms. The third kappa shape index (κ3) is 5.38. The first-order valence-corrected chi connectivity index (χ1v) is 12.6. The van der Waals surface area contributed by atoms with Crippen molar-refractivity contribution < 1.29 is 14.3 Å². The number of para-hydroxylation sites is 1. The Morgan fingerprint density at radius 3 is 2.69 bits per heavy atom. The number of nitrogens with zero attached hydrogens (tertiary/aromatic N) is 4. The maximum absolute atomic E-state index is 12.4. The number of hydrogen-bond acceptors (Lipinski definition) is 7. The molecule has 198 valence electrons. The molecule has 0 saturated carbocycles. The molecular weight excluding hydrogens is 494 g/mol. The number of anilines is 1. The van der Waals surface area contributed by atoms with Crippen LogP contribution in [0.1, 0.15) is 43.1 Å². The molecule has 39 heavy (non-hydrogen) atoms. The number of ether oxygens (including phenoxy) is 1. The van der Waals surface area contributed by atoms with E-state index < -0.39 is 17.6 Å². The van der Waals surface area contributed by atoms with Crippen LogP contribution in [0.3, 0.4) is 0 Å². The van der Waals surface area contributed by atoms with Crippen LogP contribution in [0, 0.1) is 11.3 Å². The topological polar surface area (TPSA) is 150 Å². The molecule has 0 spiro atoms. The number of alkyl carbamates (subject to hydrolysis) is 1. The van der Waals surface area contributed by atoms with Crippen LogP contribution in [0.25, 0.3) is 33.5 Å². The zero-order chi connectivity index (χ0) is 27.7. The quantitative estimate of drug-likeness (QED) is 0.351. The fraction of sp³-hybridized carbons (Fsp3) is 0.276. The summed E-state index contributed by atoms with van der Waals surface area (Å²) < 4.78 is 5.45. The molecule has 1 atom stereocenters. The summed E-state index contributed by atoms with van der Waals surface area (Å²) >= 11 is 0. The standard InChI is InChI=1S/C29H29N7O3/c1-29(2,3)39-28(38)33-19-10-11-36(16-19)25-21(18-7-4-6-17(12-18)13-30)14-32-15-22(25)27-34-23-9-5-8-20(26(31)37)24(23)35-27/h4-9,12,14-15,19H,10-11,16H2,1-3H3,(H2,31,37)(H,33,38)(H,34,35)/t19-/m0/s1. The predicted octanol–water partition coefficient (Wildman–Crippen LogP) is 4.37. The van der Waals surface area contributed by atoms with Crippen molar-refractivity contribution in [2.75, 3.05) is 18.0 Å². The van der Waals surface area contributed by atoms with Gasteiger partial charge in [-0.05, 0) is 57.0 Å². The zero-order valence-corrected chi connectivity index (χ0v) is 22.0. The van der Waals surface area contributed by atoms with E-state index in [1.165, 1.54) is 0 Å². The van der Waals surface area contributed by atoms with Gasteiger partial charge in [0.15, 0.2) is 0 Å². The van der Waals surface area contributed by atoms with Crippen LogP contribution >= 0.6 is 0 Å². The number of hydrogen-bond donors (Lipinski definition) is 3. The number of nitrogens with one attached hydrogen (secondary N) is 2. The smallest absolute Gasteiger partial charge is 0.407 e. The summed E-state index contributed by atoms with van der Waals surface area (Å²) in [6.45, 7) is 6.68. The molecule has 2 amide bonds. The van der Waals surface area contributed by atoms with E-state index in [2.05, 4.69) is 26.3 Å². The van der Waals surface area contributed by atoms with E-state index >= 15 is 0 Å². The van der Waals surface area contributed by atoms with E-state index in [1.54, 1.807) is 30.6 Å². The predicted molar refractivity (Wildman–Crippen MR) is 148 cm³/mol. The van der Waals surface area contributed by atoms with Gasteiger partial charge < -0.3 is 25.7 Å². The number of aromatic nitrogens is 3. The van der Waals surface area contributed by atoms with Crippen molar-refractivity contribution >= 4 is 28.7 Å². The lowest BCUT2D eigenvalue weighted by atomic mass is 10.00. The molecular formula is C29H29N7O3. The van der Waals surface area contributed by atoms with E-state index in [0.29, 0.717) is 47.5 Å². The van der Waals surface area contributed by atoms with Crippen molar-refractivity contribution in [3.8, 4) is 28.6 Å². The highest BCUT2D eigenvalue weighted by atomic mass is 16.6. The van der Waals surface area contributed by atoms with E-state index in [9.17, 15) is 14.9 Å². The number of pyridine rings is 1. The normalized spacial score (nSPS) is 15.2. The summed E-state index contributed by atoms with van der Waals surface area (Å²) in [5.74, 6) is -0.0299. The lowest BCUT2D eigenvalue weighted by Crippen LogP contribution is -2.40. The number of aromatic amines is 1. The van der Waals surface area contributed by atoms with Crippen molar-refractivity contribution in [1.29, 1.82) is 5.26 Å².